The van der Waals surface area contributed by atoms with Gasteiger partial charge in [0.15, 0.2) is 0 Å². The van der Waals surface area contributed by atoms with Gasteiger partial charge in [0.1, 0.15) is 0 Å². The van der Waals surface area contributed by atoms with Crippen LogP contribution in [0.25, 0.3) is 71.5 Å². The van der Waals surface area contributed by atoms with Gasteiger partial charge in [-0.25, -0.2) is 0 Å². The van der Waals surface area contributed by atoms with E-state index in [1.807, 2.05) is 0 Å². The van der Waals surface area contributed by atoms with Crippen molar-refractivity contribution in [1.29, 1.82) is 0 Å². The van der Waals surface area contributed by atoms with Crippen molar-refractivity contribution in [2.24, 2.45) is 0 Å². The fourth-order valence-electron chi connectivity index (χ4n) is 7.73. The quantitative estimate of drug-likeness (QED) is 0.176. The van der Waals surface area contributed by atoms with E-state index in [9.17, 15) is 0 Å². The minimum absolute atomic E-state index is 1.11. The number of para-hydroxylation sites is 2. The molecule has 0 atom stereocenters. The number of anilines is 3. The zero-order chi connectivity index (χ0) is 33.0. The highest BCUT2D eigenvalue weighted by Gasteiger charge is 2.20. The predicted octanol–water partition coefficient (Wildman–Crippen LogP) is 13.3. The Hall–Kier alpha value is -6.64. The van der Waals surface area contributed by atoms with Crippen LogP contribution < -0.4 is 4.90 Å². The molecule has 8 aromatic carbocycles. The second kappa shape index (κ2) is 11.5. The van der Waals surface area contributed by atoms with E-state index in [0.717, 1.165) is 17.1 Å². The van der Waals surface area contributed by atoms with Crippen LogP contribution in [0.2, 0.25) is 0 Å². The molecule has 0 N–H and O–H groups in total. The molecular formula is C48H32N2. The summed E-state index contributed by atoms with van der Waals surface area (Å²) in [5.41, 5.74) is 14.4. The molecule has 2 aromatic heterocycles. The Kier molecular flexibility index (Phi) is 6.53. The molecule has 0 radical (unpaired) electrons. The maximum Gasteiger partial charge on any atom is 0.0620 e. The molecule has 0 aliphatic rings. The average Bonchev–Trinajstić information content (AvgIpc) is 3.72. The van der Waals surface area contributed by atoms with Crippen LogP contribution in [-0.4, -0.2) is 4.40 Å². The van der Waals surface area contributed by atoms with Crippen molar-refractivity contribution >= 4 is 55.2 Å². The van der Waals surface area contributed by atoms with Crippen LogP contribution in [0.15, 0.2) is 194 Å². The second-order valence-electron chi connectivity index (χ2n) is 13.0. The van der Waals surface area contributed by atoms with Crippen LogP contribution in [0.3, 0.4) is 0 Å². The van der Waals surface area contributed by atoms with Crippen LogP contribution in [0, 0.1) is 0 Å². The molecule has 0 fully saturated rings. The fraction of sp³-hybridized carbons (Fsp3) is 0. The molecule has 2 heteroatoms. The van der Waals surface area contributed by atoms with E-state index in [0.29, 0.717) is 0 Å². The average molecular weight is 637 g/mol. The van der Waals surface area contributed by atoms with E-state index >= 15 is 0 Å². The lowest BCUT2D eigenvalue weighted by Gasteiger charge is -2.26. The monoisotopic (exact) mass is 636 g/mol. The SMILES string of the molecule is c1ccc(-c2ccc(-c3ccc(N(c4ccc(-c5ccccc5)cc4)c4ccc5c6cccc7c8ccccc8n(c5c4)c76)cc3)cc2)cc1. The summed E-state index contributed by atoms with van der Waals surface area (Å²) in [4.78, 5) is 2.38. The molecule has 0 spiro atoms. The van der Waals surface area contributed by atoms with Gasteiger partial charge in [-0.15, -0.1) is 0 Å². The van der Waals surface area contributed by atoms with Crippen molar-refractivity contribution in [3.8, 4) is 33.4 Å². The molecule has 0 aliphatic heterocycles. The zero-order valence-electron chi connectivity index (χ0n) is 27.4. The van der Waals surface area contributed by atoms with Crippen molar-refractivity contribution in [2.45, 2.75) is 0 Å². The topological polar surface area (TPSA) is 7.65 Å². The Balaban J connectivity index is 1.10. The van der Waals surface area contributed by atoms with Crippen LogP contribution >= 0.6 is 0 Å². The standard InChI is InChI=1S/C48H32N2/c1-3-10-33(11-4-1)35-18-20-36(21-19-35)38-24-28-40(29-25-38)49(39-26-22-37(23-27-39)34-12-5-2-6-13-34)41-30-31-43-45-16-9-15-44-42-14-7-8-17-46(42)50(48(44)45)47(43)32-41/h1-32H. The molecule has 0 amide bonds. The van der Waals surface area contributed by atoms with Crippen molar-refractivity contribution in [3.05, 3.63) is 194 Å². The number of aromatic nitrogens is 1. The van der Waals surface area contributed by atoms with E-state index in [1.165, 1.54) is 71.5 Å². The molecule has 2 heterocycles. The summed E-state index contributed by atoms with van der Waals surface area (Å²) < 4.78 is 2.46. The highest BCUT2D eigenvalue weighted by molar-refractivity contribution is 6.23. The van der Waals surface area contributed by atoms with Gasteiger partial charge in [0.05, 0.1) is 16.6 Å². The third-order valence-electron chi connectivity index (χ3n) is 10.1. The first kappa shape index (κ1) is 28.4. The van der Waals surface area contributed by atoms with Crippen molar-refractivity contribution in [1.82, 2.24) is 4.40 Å². The summed E-state index contributed by atoms with van der Waals surface area (Å²) in [7, 11) is 0. The van der Waals surface area contributed by atoms with Crippen molar-refractivity contribution in [3.63, 3.8) is 0 Å². The zero-order valence-corrected chi connectivity index (χ0v) is 27.4. The summed E-state index contributed by atoms with van der Waals surface area (Å²) >= 11 is 0. The Morgan fingerprint density at radius 1 is 0.280 bits per heavy atom. The number of benzene rings is 8. The van der Waals surface area contributed by atoms with E-state index in [4.69, 9.17) is 0 Å². The number of hydrogen-bond acceptors (Lipinski definition) is 1. The highest BCUT2D eigenvalue weighted by Crippen LogP contribution is 2.43. The number of hydrogen-bond donors (Lipinski definition) is 0. The van der Waals surface area contributed by atoms with Crippen molar-refractivity contribution < 1.29 is 0 Å². The van der Waals surface area contributed by atoms with Gasteiger partial charge in [0.2, 0.25) is 0 Å². The minimum Gasteiger partial charge on any atom is -0.310 e. The lowest BCUT2D eigenvalue weighted by atomic mass is 10.00. The van der Waals surface area contributed by atoms with Crippen LogP contribution in [0.4, 0.5) is 17.1 Å². The Morgan fingerprint density at radius 3 is 1.22 bits per heavy atom. The maximum absolute atomic E-state index is 2.46. The fourth-order valence-corrected chi connectivity index (χ4v) is 7.73. The summed E-state index contributed by atoms with van der Waals surface area (Å²) in [5.74, 6) is 0. The van der Waals surface area contributed by atoms with E-state index < -0.39 is 0 Å². The lowest BCUT2D eigenvalue weighted by molar-refractivity contribution is 1.28. The third-order valence-corrected chi connectivity index (χ3v) is 10.1. The Bertz CT molecular complexity index is 2760. The van der Waals surface area contributed by atoms with Gasteiger partial charge in [-0.3, -0.25) is 0 Å². The first-order valence-electron chi connectivity index (χ1n) is 17.2. The van der Waals surface area contributed by atoms with E-state index in [2.05, 4.69) is 203 Å². The Morgan fingerprint density at radius 2 is 0.680 bits per heavy atom. The number of rotatable bonds is 6. The molecule has 10 aromatic rings. The maximum atomic E-state index is 2.46. The second-order valence-corrected chi connectivity index (χ2v) is 13.0. The highest BCUT2D eigenvalue weighted by atomic mass is 15.1. The summed E-state index contributed by atoms with van der Waals surface area (Å²) in [6.07, 6.45) is 0. The molecule has 234 valence electrons. The van der Waals surface area contributed by atoms with Gasteiger partial charge < -0.3 is 9.30 Å². The first-order chi connectivity index (χ1) is 24.8. The summed E-state index contributed by atoms with van der Waals surface area (Å²) in [5, 5.41) is 5.16. The normalized spacial score (nSPS) is 11.6. The van der Waals surface area contributed by atoms with Crippen LogP contribution in [-0.2, 0) is 0 Å². The van der Waals surface area contributed by atoms with Gasteiger partial charge in [-0.2, -0.15) is 0 Å². The van der Waals surface area contributed by atoms with E-state index in [-0.39, 0.29) is 0 Å². The van der Waals surface area contributed by atoms with Gasteiger partial charge in [0.25, 0.3) is 0 Å². The third kappa shape index (κ3) is 4.57. The van der Waals surface area contributed by atoms with Gasteiger partial charge in [-0.05, 0) is 75.8 Å². The molecule has 0 unspecified atom stereocenters. The Labute approximate surface area is 291 Å². The van der Waals surface area contributed by atoms with E-state index in [1.54, 1.807) is 0 Å². The molecule has 0 saturated heterocycles. The summed E-state index contributed by atoms with van der Waals surface area (Å²) in [6.45, 7) is 0. The number of fused-ring (bicyclic) bond motifs is 6. The minimum atomic E-state index is 1.11. The predicted molar refractivity (Wildman–Crippen MR) is 212 cm³/mol. The summed E-state index contributed by atoms with van der Waals surface area (Å²) in [6, 6.07) is 70.3. The van der Waals surface area contributed by atoms with Gasteiger partial charge in [-0.1, -0.05) is 152 Å². The van der Waals surface area contributed by atoms with Gasteiger partial charge in [0, 0.05) is 38.6 Å². The van der Waals surface area contributed by atoms with Gasteiger partial charge >= 0.3 is 0 Å². The molecule has 10 rings (SSSR count). The molecular weight excluding hydrogens is 605 g/mol. The molecule has 50 heavy (non-hydrogen) atoms. The molecule has 0 aliphatic carbocycles. The smallest absolute Gasteiger partial charge is 0.0620 e. The van der Waals surface area contributed by atoms with Crippen LogP contribution in [0.5, 0.6) is 0 Å². The van der Waals surface area contributed by atoms with Crippen LogP contribution in [0.1, 0.15) is 0 Å². The lowest BCUT2D eigenvalue weighted by Crippen LogP contribution is -2.10. The van der Waals surface area contributed by atoms with Crippen molar-refractivity contribution in [2.75, 3.05) is 4.90 Å². The molecule has 0 bridgehead atoms. The molecule has 2 nitrogen and oxygen atoms in total. The largest absolute Gasteiger partial charge is 0.310 e. The molecule has 0 saturated carbocycles. The number of nitrogens with zero attached hydrogens (tertiary/aromatic N) is 2. The first-order valence-corrected chi connectivity index (χ1v) is 17.2.